The summed E-state index contributed by atoms with van der Waals surface area (Å²) in [7, 11) is 0. The monoisotopic (exact) mass is 1790 g/mol. The molecule has 6 aromatic carbocycles. The van der Waals surface area contributed by atoms with Crippen LogP contribution in [0.4, 0.5) is 47.7 Å². The Morgan fingerprint density at radius 1 is 0.434 bits per heavy atom. The molecule has 35 heteroatoms. The van der Waals surface area contributed by atoms with Crippen molar-refractivity contribution >= 4 is 80.0 Å². The van der Waals surface area contributed by atoms with Crippen molar-refractivity contribution < 1.29 is 74.1 Å². The number of anilines is 3. The molecule has 3 saturated heterocycles. The van der Waals surface area contributed by atoms with Crippen LogP contribution in [0.2, 0.25) is 0 Å². The first kappa shape index (κ1) is 89.7. The van der Waals surface area contributed by atoms with Crippen molar-refractivity contribution in [2.45, 2.75) is 98.2 Å². The van der Waals surface area contributed by atoms with Gasteiger partial charge in [-0.1, -0.05) is 79.5 Å². The van der Waals surface area contributed by atoms with Crippen molar-refractivity contribution in [3.05, 3.63) is 248 Å². The fraction of sp³-hybridized carbons (Fsp3) is 0.298. The van der Waals surface area contributed by atoms with Gasteiger partial charge in [-0.2, -0.15) is 18.8 Å². The zero-order chi connectivity index (χ0) is 92.3. The van der Waals surface area contributed by atoms with Crippen LogP contribution in [0, 0.1) is 55.7 Å². The number of nitrogens with zero attached hydrogens (tertiary/aromatic N) is 15. The minimum Gasteiger partial charge on any atom is -0.507 e. The Morgan fingerprint density at radius 3 is 0.922 bits per heavy atom. The molecule has 0 aliphatic carbocycles. The summed E-state index contributed by atoms with van der Waals surface area (Å²) < 4.78 is 127. The van der Waals surface area contributed by atoms with Gasteiger partial charge in [0.15, 0.2) is 34.7 Å². The van der Waals surface area contributed by atoms with Crippen molar-refractivity contribution in [3.63, 3.8) is 0 Å². The number of phenolic OH excluding ortho intramolecular Hbond substituents is 3. The van der Waals surface area contributed by atoms with Gasteiger partial charge in [0.05, 0.1) is 102 Å². The fourth-order valence-electron chi connectivity index (χ4n) is 17.7. The number of benzene rings is 6. The molecule has 6 aliphatic rings. The van der Waals surface area contributed by atoms with Crippen LogP contribution < -0.4 is 46.0 Å². The van der Waals surface area contributed by atoms with Crippen molar-refractivity contribution in [3.8, 4) is 84.9 Å². The van der Waals surface area contributed by atoms with Crippen LogP contribution in [0.25, 0.3) is 83.2 Å². The average Bonchev–Trinajstić information content (AvgIpc) is 1.58. The number of aromatic hydroxyl groups is 3. The average molecular weight is 1790 g/mol. The Morgan fingerprint density at radius 2 is 0.690 bits per heavy atom. The van der Waals surface area contributed by atoms with E-state index >= 15 is 26.3 Å². The van der Waals surface area contributed by atoms with Gasteiger partial charge >= 0.3 is 17.1 Å². The molecular formula is C94H90F7N15O12S. The molecule has 6 aromatic heterocycles. The minimum absolute atomic E-state index is 0.0344. The summed E-state index contributed by atoms with van der Waals surface area (Å²) in [5.41, 5.74) is 2.42. The Balaban J connectivity index is 0.000000146. The van der Waals surface area contributed by atoms with E-state index in [4.69, 9.17) is 14.2 Å². The molecule has 3 N–H and O–H groups in total. The van der Waals surface area contributed by atoms with E-state index in [1.165, 1.54) is 92.8 Å². The van der Waals surface area contributed by atoms with Gasteiger partial charge in [-0.3, -0.25) is 43.0 Å². The van der Waals surface area contributed by atoms with E-state index in [1.807, 2.05) is 77.0 Å². The van der Waals surface area contributed by atoms with Crippen molar-refractivity contribution in [1.82, 2.24) is 58.3 Å². The molecule has 12 heterocycles. The number of aromatic nitrogens is 9. The van der Waals surface area contributed by atoms with Crippen LogP contribution in [-0.2, 0) is 14.4 Å². The second kappa shape index (κ2) is 36.3. The molecule has 0 radical (unpaired) electrons. The smallest absolute Gasteiger partial charge is 0.354 e. The maximum atomic E-state index is 16.5. The van der Waals surface area contributed by atoms with E-state index in [-0.39, 0.29) is 188 Å². The molecular weight excluding hydrogens is 1700 g/mol. The highest BCUT2D eigenvalue weighted by molar-refractivity contribution is 7.93. The lowest BCUT2D eigenvalue weighted by molar-refractivity contribution is -0.127. The molecule has 18 rings (SSSR count). The largest absolute Gasteiger partial charge is 0.507 e. The summed E-state index contributed by atoms with van der Waals surface area (Å²) in [6.07, 6.45) is 10.0. The van der Waals surface area contributed by atoms with Gasteiger partial charge in [0.1, 0.15) is 72.0 Å². The van der Waals surface area contributed by atoms with Crippen molar-refractivity contribution in [2.75, 3.05) is 99.7 Å². The Hall–Kier alpha value is -14.1. The lowest BCUT2D eigenvalue weighted by Crippen LogP contribution is -2.56. The molecule has 3 atom stereocenters. The lowest BCUT2D eigenvalue weighted by atomic mass is 9.99. The maximum absolute atomic E-state index is 16.5. The van der Waals surface area contributed by atoms with Gasteiger partial charge in [0.2, 0.25) is 17.7 Å². The van der Waals surface area contributed by atoms with Crippen LogP contribution in [0.15, 0.2) is 162 Å². The topological polar surface area (TPSA) is 302 Å². The standard InChI is InChI=1S/3C31H29F2N5O4.CH3FS/c3*1-5-23(40)36-11-12-37-18(14-36)15-42-29-25-21(13-19(26(29)33)24-20(32)7-6-8-22(24)39)38(31(41)35-30(25)37)28-17(4)9-10-34-27(28)16(2)3;1-3-2/h3*5-10,13,16,18,39H,1,11-12,14-15H2,2-4H3;1H3/t3*18-;/m000./s1. The number of piperazine rings is 3. The second-order valence-electron chi connectivity index (χ2n) is 32.6. The molecule has 27 nitrogen and oxygen atoms in total. The van der Waals surface area contributed by atoms with E-state index < -0.39 is 87.3 Å². The summed E-state index contributed by atoms with van der Waals surface area (Å²) in [4.78, 5) is 117. The molecule has 0 bridgehead atoms. The molecule has 6 aliphatic heterocycles. The number of carbonyl (C=O) groups is 3. The first-order valence-electron chi connectivity index (χ1n) is 41.5. The van der Waals surface area contributed by atoms with Gasteiger partial charge in [-0.15, -0.1) is 0 Å². The summed E-state index contributed by atoms with van der Waals surface area (Å²) in [5.74, 6) is -7.61. The van der Waals surface area contributed by atoms with Crippen molar-refractivity contribution in [2.24, 2.45) is 0 Å². The lowest BCUT2D eigenvalue weighted by Gasteiger charge is -2.40. The van der Waals surface area contributed by atoms with E-state index in [1.54, 1.807) is 51.5 Å². The first-order valence-corrected chi connectivity index (χ1v) is 42.7. The zero-order valence-corrected chi connectivity index (χ0v) is 72.8. The molecule has 12 aromatic rings. The van der Waals surface area contributed by atoms with E-state index in [0.717, 1.165) is 34.9 Å². The van der Waals surface area contributed by atoms with E-state index in [0.29, 0.717) is 73.4 Å². The third-order valence-corrected chi connectivity index (χ3v) is 23.7. The fourth-order valence-corrected chi connectivity index (χ4v) is 17.7. The van der Waals surface area contributed by atoms with Gasteiger partial charge in [-0.25, -0.2) is 40.7 Å². The summed E-state index contributed by atoms with van der Waals surface area (Å²) >= 11 is 0.250. The van der Waals surface area contributed by atoms with Crippen LogP contribution in [-0.4, -0.2) is 194 Å². The van der Waals surface area contributed by atoms with Crippen LogP contribution >= 0.6 is 12.1 Å². The van der Waals surface area contributed by atoms with Crippen LogP contribution in [0.1, 0.15) is 93.1 Å². The number of aryl methyl sites for hydroxylation is 3. The molecule has 3 fully saturated rings. The highest BCUT2D eigenvalue weighted by atomic mass is 32.2. The minimum atomic E-state index is -0.901. The number of amides is 3. The molecule has 0 spiro atoms. The van der Waals surface area contributed by atoms with Gasteiger partial charge in [0.25, 0.3) is 0 Å². The number of hydrogen-bond donors (Lipinski definition) is 3. The number of carbonyl (C=O) groups excluding carboxylic acids is 3. The van der Waals surface area contributed by atoms with E-state index in [2.05, 4.69) is 49.6 Å². The Kier molecular flexibility index (Phi) is 25.3. The summed E-state index contributed by atoms with van der Waals surface area (Å²) in [6.45, 7) is 30.5. The number of pyridine rings is 3. The molecule has 0 unspecified atom stereocenters. The predicted molar refractivity (Wildman–Crippen MR) is 478 cm³/mol. The number of fused-ring (bicyclic) bond motifs is 6. The third kappa shape index (κ3) is 16.1. The molecule has 129 heavy (non-hydrogen) atoms. The third-order valence-electron chi connectivity index (χ3n) is 23.7. The normalized spacial score (nSPS) is 16.0. The zero-order valence-electron chi connectivity index (χ0n) is 72.0. The Labute approximate surface area is 739 Å². The maximum Gasteiger partial charge on any atom is 0.354 e. The predicted octanol–water partition coefficient (Wildman–Crippen LogP) is 14.6. The van der Waals surface area contributed by atoms with Crippen LogP contribution in [0.3, 0.4) is 0 Å². The van der Waals surface area contributed by atoms with Gasteiger partial charge in [-0.05, 0) is 146 Å². The SMILES string of the molecule is C=CC(=O)N1CCN2c3nc(=O)n(-c4c(C)ccnc4C(C)C)c4cc(-c5c(O)cccc5F)c(F)c(c34)OC[C@@H]2C1.C=CC(=O)N1CCN2c3nc(=O)n(-c4c(C)ccnc4C(C)C)c4cc(-c5c(O)cccc5F)c(F)c(c34)OC[C@@H]2C1.C=CC(=O)N1CCN2c3nc(=O)n(-c4c(C)ccnc4C(C)C)c4cc(-c5c(O)cccc5F)c(F)c(c34)OC[C@@H]2C1.CSF. The molecule has 0 saturated carbocycles. The van der Waals surface area contributed by atoms with Gasteiger partial charge in [0, 0.05) is 113 Å². The number of hydrogen-bond acceptors (Lipinski definition) is 22. The highest BCUT2D eigenvalue weighted by Gasteiger charge is 2.43. The van der Waals surface area contributed by atoms with Gasteiger partial charge < -0.3 is 58.9 Å². The van der Waals surface area contributed by atoms with Crippen LogP contribution in [0.5, 0.6) is 34.5 Å². The van der Waals surface area contributed by atoms with Crippen molar-refractivity contribution in [1.29, 1.82) is 0 Å². The first-order chi connectivity index (χ1) is 61.8. The second-order valence-corrected chi connectivity index (χ2v) is 32.9. The summed E-state index contributed by atoms with van der Waals surface area (Å²) in [5, 5.41) is 32.5. The number of rotatable bonds is 12. The number of ether oxygens (including phenoxy) is 3. The highest BCUT2D eigenvalue weighted by Crippen LogP contribution is 2.51. The molecule has 3 amide bonds. The number of phenols is 3. The van der Waals surface area contributed by atoms with E-state index in [9.17, 15) is 48.0 Å². The number of halogens is 7. The molecule has 668 valence electrons. The Bertz CT molecular complexity index is 6120. The quantitative estimate of drug-likeness (QED) is 0.0756. The summed E-state index contributed by atoms with van der Waals surface area (Å²) in [6, 6.07) is 19.1.